The number of benzene rings is 7. The van der Waals surface area contributed by atoms with E-state index < -0.39 is 0 Å². The van der Waals surface area contributed by atoms with Crippen molar-refractivity contribution in [2.24, 2.45) is 0 Å². The van der Waals surface area contributed by atoms with Crippen LogP contribution in [0.5, 0.6) is 0 Å². The second-order valence-corrected chi connectivity index (χ2v) is 12.9. The highest BCUT2D eigenvalue weighted by Crippen LogP contribution is 2.42. The van der Waals surface area contributed by atoms with Crippen LogP contribution >= 0.6 is 0 Å². The molecule has 0 bridgehead atoms. The number of hydrogen-bond donors (Lipinski definition) is 0. The Kier molecular flexibility index (Phi) is 4.06. The second kappa shape index (κ2) is 7.98. The summed E-state index contributed by atoms with van der Waals surface area (Å²) in [4.78, 5) is 0. The Labute approximate surface area is 264 Å². The Morgan fingerprint density at radius 3 is 1.57 bits per heavy atom. The van der Waals surface area contributed by atoms with Crippen LogP contribution in [0.15, 0.2) is 146 Å². The Hall–Kier alpha value is -6.00. The van der Waals surface area contributed by atoms with E-state index in [1.165, 1.54) is 98.9 Å². The fraction of sp³-hybridized carbons (Fsp3) is 0. The third-order valence-electron chi connectivity index (χ3n) is 10.8. The van der Waals surface area contributed by atoms with Crippen LogP contribution in [0.2, 0.25) is 0 Å². The Morgan fingerprint density at radius 1 is 0.326 bits per heavy atom. The highest BCUT2D eigenvalue weighted by atomic mass is 15.0. The van der Waals surface area contributed by atoms with Crippen molar-refractivity contribution in [3.8, 4) is 17.1 Å². The van der Waals surface area contributed by atoms with Gasteiger partial charge in [-0.2, -0.15) is 0 Å². The van der Waals surface area contributed by atoms with Crippen LogP contribution in [0, 0.1) is 0 Å². The molecule has 3 nitrogen and oxygen atoms in total. The van der Waals surface area contributed by atoms with E-state index in [9.17, 15) is 0 Å². The summed E-state index contributed by atoms with van der Waals surface area (Å²) in [6.07, 6.45) is 0. The van der Waals surface area contributed by atoms with E-state index in [1.807, 2.05) is 0 Å². The maximum Gasteiger partial charge on any atom is 0.252 e. The molecule has 2 aliphatic heterocycles. The predicted octanol–water partition coefficient (Wildman–Crippen LogP) is 8.12. The molecular formula is C42H24BN3. The van der Waals surface area contributed by atoms with Crippen LogP contribution in [0.3, 0.4) is 0 Å². The van der Waals surface area contributed by atoms with E-state index in [1.54, 1.807) is 0 Å². The molecule has 0 radical (unpaired) electrons. The largest absolute Gasteiger partial charge is 0.310 e. The van der Waals surface area contributed by atoms with Crippen molar-refractivity contribution in [2.45, 2.75) is 0 Å². The van der Waals surface area contributed by atoms with E-state index in [0.29, 0.717) is 0 Å². The van der Waals surface area contributed by atoms with Crippen molar-refractivity contribution < 1.29 is 0 Å². The Bertz CT molecular complexity index is 2940. The molecule has 0 fully saturated rings. The van der Waals surface area contributed by atoms with Crippen molar-refractivity contribution >= 4 is 88.5 Å². The van der Waals surface area contributed by atoms with Gasteiger partial charge in [0, 0.05) is 43.7 Å². The predicted molar refractivity (Wildman–Crippen MR) is 194 cm³/mol. The zero-order valence-electron chi connectivity index (χ0n) is 24.8. The zero-order chi connectivity index (χ0) is 29.7. The molecule has 46 heavy (non-hydrogen) atoms. The molecule has 0 N–H and O–H groups in total. The fourth-order valence-corrected chi connectivity index (χ4v) is 9.17. The molecule has 0 saturated heterocycles. The van der Waals surface area contributed by atoms with Crippen LogP contribution in [-0.2, 0) is 0 Å². The van der Waals surface area contributed by atoms with Crippen molar-refractivity contribution in [1.29, 1.82) is 0 Å². The normalized spacial score (nSPS) is 13.2. The van der Waals surface area contributed by atoms with Gasteiger partial charge in [-0.25, -0.2) is 0 Å². The summed E-state index contributed by atoms with van der Waals surface area (Å²) in [6, 6.07) is 54.2. The molecule has 5 heterocycles. The summed E-state index contributed by atoms with van der Waals surface area (Å²) in [7, 11) is 0. The first-order chi connectivity index (χ1) is 22.9. The molecular weight excluding hydrogens is 557 g/mol. The standard InChI is InChI=1S/C42H24BN3/c1-6-16-32-25(11-1)26-12-2-7-17-33(26)44(32)37-24-22-31-42-39(37)29-14-4-9-19-35(29)46(42)38-23-21-28-27-13-3-8-18-34(27)45-36-20-10-5-15-30(36)43(31)40(38)41(28)45/h1-24H. The highest BCUT2D eigenvalue weighted by Gasteiger charge is 2.41. The summed E-state index contributed by atoms with van der Waals surface area (Å²) >= 11 is 0. The number of rotatable bonds is 1. The third kappa shape index (κ3) is 2.54. The van der Waals surface area contributed by atoms with E-state index in [0.717, 1.165) is 0 Å². The van der Waals surface area contributed by atoms with Gasteiger partial charge in [0.2, 0.25) is 0 Å². The van der Waals surface area contributed by atoms with Gasteiger partial charge >= 0.3 is 0 Å². The number of aromatic nitrogens is 3. The lowest BCUT2D eigenvalue weighted by Gasteiger charge is -2.33. The van der Waals surface area contributed by atoms with Gasteiger partial charge < -0.3 is 13.7 Å². The first-order valence-corrected chi connectivity index (χ1v) is 16.1. The quantitative estimate of drug-likeness (QED) is 0.174. The summed E-state index contributed by atoms with van der Waals surface area (Å²) in [6.45, 7) is 0.137. The number of fused-ring (bicyclic) bond motifs is 14. The van der Waals surface area contributed by atoms with Crippen molar-refractivity contribution in [1.82, 2.24) is 13.7 Å². The van der Waals surface area contributed by atoms with Crippen LogP contribution in [0.1, 0.15) is 0 Å². The highest BCUT2D eigenvalue weighted by molar-refractivity contribution is 7.00. The molecule has 12 rings (SSSR count). The van der Waals surface area contributed by atoms with Crippen LogP contribution in [0.4, 0.5) is 0 Å². The van der Waals surface area contributed by atoms with Gasteiger partial charge in [0.15, 0.2) is 0 Å². The van der Waals surface area contributed by atoms with Crippen molar-refractivity contribution in [2.75, 3.05) is 0 Å². The summed E-state index contributed by atoms with van der Waals surface area (Å²) in [5.74, 6) is 0. The lowest BCUT2D eigenvalue weighted by atomic mass is 9.34. The molecule has 0 aliphatic carbocycles. The van der Waals surface area contributed by atoms with Crippen LogP contribution in [-0.4, -0.2) is 20.4 Å². The molecule has 0 atom stereocenters. The summed E-state index contributed by atoms with van der Waals surface area (Å²) in [5.41, 5.74) is 15.6. The average molecular weight is 581 g/mol. The number of nitrogens with zero attached hydrogens (tertiary/aromatic N) is 3. The van der Waals surface area contributed by atoms with Gasteiger partial charge in [0.1, 0.15) is 0 Å². The number of hydrogen-bond acceptors (Lipinski definition) is 0. The van der Waals surface area contributed by atoms with E-state index in [4.69, 9.17) is 0 Å². The van der Waals surface area contributed by atoms with Gasteiger partial charge in [-0.3, -0.25) is 0 Å². The summed E-state index contributed by atoms with van der Waals surface area (Å²) < 4.78 is 7.58. The van der Waals surface area contributed by atoms with Crippen molar-refractivity contribution in [3.63, 3.8) is 0 Å². The Balaban J connectivity index is 1.32. The SMILES string of the molecule is c1ccc2c(c1)B1c3c(ccc4c5ccccc5n-2c34)-n2c3ccccc3c3c(-n4c5ccccc5c5ccccc54)ccc1c32. The van der Waals surface area contributed by atoms with Crippen LogP contribution < -0.4 is 16.4 Å². The molecule has 0 unspecified atom stereocenters. The van der Waals surface area contributed by atoms with E-state index in [-0.39, 0.29) is 6.71 Å². The van der Waals surface area contributed by atoms with E-state index in [2.05, 4.69) is 159 Å². The van der Waals surface area contributed by atoms with Gasteiger partial charge in [0.05, 0.1) is 38.8 Å². The van der Waals surface area contributed by atoms with Crippen LogP contribution in [0.25, 0.3) is 82.5 Å². The maximum absolute atomic E-state index is 2.57. The zero-order valence-corrected chi connectivity index (χ0v) is 24.8. The average Bonchev–Trinajstić information content (AvgIpc) is 3.76. The molecule has 2 aliphatic rings. The lowest BCUT2D eigenvalue weighted by molar-refractivity contribution is 1.16. The molecule has 7 aromatic carbocycles. The van der Waals surface area contributed by atoms with Gasteiger partial charge in [-0.15, -0.1) is 0 Å². The monoisotopic (exact) mass is 581 g/mol. The fourth-order valence-electron chi connectivity index (χ4n) is 9.17. The molecule has 10 aromatic rings. The first-order valence-electron chi connectivity index (χ1n) is 16.1. The topological polar surface area (TPSA) is 14.8 Å². The van der Waals surface area contributed by atoms with E-state index >= 15 is 0 Å². The lowest BCUT2D eigenvalue weighted by Crippen LogP contribution is -2.59. The third-order valence-corrected chi connectivity index (χ3v) is 10.8. The van der Waals surface area contributed by atoms with Crippen molar-refractivity contribution in [3.05, 3.63) is 146 Å². The van der Waals surface area contributed by atoms with Gasteiger partial charge in [0.25, 0.3) is 6.71 Å². The molecule has 0 spiro atoms. The van der Waals surface area contributed by atoms with Gasteiger partial charge in [-0.1, -0.05) is 103 Å². The molecule has 4 heteroatoms. The molecule has 210 valence electrons. The number of para-hydroxylation sites is 5. The Morgan fingerprint density at radius 2 is 0.848 bits per heavy atom. The molecule has 3 aromatic heterocycles. The molecule has 0 saturated carbocycles. The van der Waals surface area contributed by atoms with Gasteiger partial charge in [-0.05, 0) is 58.9 Å². The second-order valence-electron chi connectivity index (χ2n) is 12.9. The minimum Gasteiger partial charge on any atom is -0.310 e. The minimum absolute atomic E-state index is 0.137. The molecule has 0 amide bonds. The summed E-state index contributed by atoms with van der Waals surface area (Å²) in [5, 5.41) is 7.81. The maximum atomic E-state index is 2.57. The smallest absolute Gasteiger partial charge is 0.252 e. The first kappa shape index (κ1) is 23.4. The minimum atomic E-state index is 0.137.